The maximum atomic E-state index is 12.0. The zero-order valence-electron chi connectivity index (χ0n) is 10.8. The summed E-state index contributed by atoms with van der Waals surface area (Å²) in [6.45, 7) is 4.25. The van der Waals surface area contributed by atoms with Crippen LogP contribution in [0, 0.1) is 0 Å². The van der Waals surface area contributed by atoms with E-state index in [1.165, 1.54) is 5.56 Å². The molecule has 100 valence electrons. The monoisotopic (exact) mass is 268 g/mol. The van der Waals surface area contributed by atoms with Gasteiger partial charge < -0.3 is 5.73 Å². The van der Waals surface area contributed by atoms with Gasteiger partial charge >= 0.3 is 0 Å². The Morgan fingerprint density at radius 1 is 1.39 bits per heavy atom. The van der Waals surface area contributed by atoms with E-state index in [0.717, 1.165) is 12.8 Å². The average Bonchev–Trinajstić information content (AvgIpc) is 3.03. The smallest absolute Gasteiger partial charge is 0.240 e. The molecular weight excluding hydrogens is 248 g/mol. The summed E-state index contributed by atoms with van der Waals surface area (Å²) >= 11 is 0. The molecule has 0 aromatic heterocycles. The molecule has 1 fully saturated rings. The Labute approximate surface area is 109 Å². The Balaban J connectivity index is 2.13. The lowest BCUT2D eigenvalue weighted by atomic mass is 9.99. The normalized spacial score (nSPS) is 24.8. The highest BCUT2D eigenvalue weighted by molar-refractivity contribution is 7.89. The minimum atomic E-state index is -3.41. The quantitative estimate of drug-likeness (QED) is 0.851. The predicted molar refractivity (Wildman–Crippen MR) is 71.8 cm³/mol. The summed E-state index contributed by atoms with van der Waals surface area (Å²) in [6, 6.07) is 6.98. The molecule has 0 radical (unpaired) electrons. The highest BCUT2D eigenvalue weighted by atomic mass is 32.2. The first-order valence-corrected chi connectivity index (χ1v) is 7.80. The first kappa shape index (κ1) is 13.5. The first-order valence-electron chi connectivity index (χ1n) is 6.32. The van der Waals surface area contributed by atoms with Gasteiger partial charge in [-0.25, -0.2) is 13.1 Å². The summed E-state index contributed by atoms with van der Waals surface area (Å²) in [5, 5.41) is 0. The van der Waals surface area contributed by atoms with Gasteiger partial charge in [0.05, 0.1) is 4.90 Å². The van der Waals surface area contributed by atoms with E-state index in [4.69, 9.17) is 5.73 Å². The highest BCUT2D eigenvalue weighted by Crippen LogP contribution is 2.23. The Kier molecular flexibility index (Phi) is 3.75. The fourth-order valence-electron chi connectivity index (χ4n) is 1.83. The fourth-order valence-corrected chi connectivity index (χ4v) is 3.13. The first-order chi connectivity index (χ1) is 8.44. The minimum absolute atomic E-state index is 0.0286. The van der Waals surface area contributed by atoms with Gasteiger partial charge in [0.15, 0.2) is 0 Å². The van der Waals surface area contributed by atoms with E-state index in [9.17, 15) is 8.42 Å². The van der Waals surface area contributed by atoms with Crippen LogP contribution in [0.1, 0.15) is 38.2 Å². The molecule has 4 nitrogen and oxygen atoms in total. The summed E-state index contributed by atoms with van der Waals surface area (Å²) in [4.78, 5) is 0.314. The highest BCUT2D eigenvalue weighted by Gasteiger charge is 2.37. The van der Waals surface area contributed by atoms with Crippen LogP contribution in [0.25, 0.3) is 0 Å². The third-order valence-electron chi connectivity index (χ3n) is 3.52. The van der Waals surface area contributed by atoms with E-state index in [0.29, 0.717) is 10.8 Å². The summed E-state index contributed by atoms with van der Waals surface area (Å²) in [5.41, 5.74) is 6.77. The van der Waals surface area contributed by atoms with Crippen molar-refractivity contribution in [1.82, 2.24) is 4.72 Å². The van der Waals surface area contributed by atoms with Crippen LogP contribution in [-0.4, -0.2) is 20.5 Å². The maximum Gasteiger partial charge on any atom is 0.240 e. The van der Waals surface area contributed by atoms with Gasteiger partial charge in [-0.2, -0.15) is 0 Å². The van der Waals surface area contributed by atoms with Crippen molar-refractivity contribution in [2.75, 3.05) is 0 Å². The van der Waals surface area contributed by atoms with E-state index in [2.05, 4.69) is 18.6 Å². The third-order valence-corrected chi connectivity index (χ3v) is 5.02. The molecule has 1 aliphatic carbocycles. The minimum Gasteiger partial charge on any atom is -0.326 e. The van der Waals surface area contributed by atoms with E-state index >= 15 is 0 Å². The molecule has 0 bridgehead atoms. The summed E-state index contributed by atoms with van der Waals surface area (Å²) in [7, 11) is -3.41. The van der Waals surface area contributed by atoms with Crippen LogP contribution in [-0.2, 0) is 10.0 Å². The molecular formula is C13H20N2O2S. The van der Waals surface area contributed by atoms with E-state index in [-0.39, 0.29) is 12.1 Å². The van der Waals surface area contributed by atoms with Crippen LogP contribution in [0.15, 0.2) is 29.2 Å². The van der Waals surface area contributed by atoms with Crippen LogP contribution < -0.4 is 10.5 Å². The van der Waals surface area contributed by atoms with E-state index < -0.39 is 10.0 Å². The van der Waals surface area contributed by atoms with E-state index in [1.807, 2.05) is 12.1 Å². The SMILES string of the molecule is CCC(C)c1ccc(S(=O)(=O)NC2CC2N)cc1. The molecule has 0 aliphatic heterocycles. The molecule has 3 atom stereocenters. The van der Waals surface area contributed by atoms with Gasteiger partial charge in [0, 0.05) is 12.1 Å². The summed E-state index contributed by atoms with van der Waals surface area (Å²) in [5.74, 6) is 0.451. The van der Waals surface area contributed by atoms with Crippen molar-refractivity contribution in [3.63, 3.8) is 0 Å². The largest absolute Gasteiger partial charge is 0.326 e. The predicted octanol–water partition coefficient (Wildman–Crippen LogP) is 1.58. The molecule has 1 saturated carbocycles. The number of hydrogen-bond donors (Lipinski definition) is 2. The van der Waals surface area contributed by atoms with Gasteiger partial charge in [-0.1, -0.05) is 26.0 Å². The van der Waals surface area contributed by atoms with Gasteiger partial charge in [0.2, 0.25) is 10.0 Å². The Morgan fingerprint density at radius 3 is 2.39 bits per heavy atom. The number of sulfonamides is 1. The molecule has 5 heteroatoms. The standard InChI is InChI=1S/C13H20N2O2S/c1-3-9(2)10-4-6-11(7-5-10)18(16,17)15-13-8-12(13)14/h4-7,9,12-13,15H,3,8,14H2,1-2H3. The van der Waals surface area contributed by atoms with Crippen molar-refractivity contribution in [2.24, 2.45) is 5.73 Å². The topological polar surface area (TPSA) is 72.2 Å². The molecule has 3 unspecified atom stereocenters. The van der Waals surface area contributed by atoms with Crippen LogP contribution in [0.5, 0.6) is 0 Å². The second-order valence-corrected chi connectivity index (χ2v) is 6.72. The zero-order valence-corrected chi connectivity index (χ0v) is 11.6. The molecule has 2 rings (SSSR count). The Hall–Kier alpha value is -0.910. The number of benzene rings is 1. The van der Waals surface area contributed by atoms with Crippen molar-refractivity contribution in [3.8, 4) is 0 Å². The second-order valence-electron chi connectivity index (χ2n) is 5.01. The van der Waals surface area contributed by atoms with Gasteiger partial charge in [0.1, 0.15) is 0 Å². The molecule has 18 heavy (non-hydrogen) atoms. The molecule has 1 aromatic rings. The van der Waals surface area contributed by atoms with Crippen LogP contribution in [0.4, 0.5) is 0 Å². The molecule has 0 spiro atoms. The van der Waals surface area contributed by atoms with Crippen LogP contribution in [0.2, 0.25) is 0 Å². The summed E-state index contributed by atoms with van der Waals surface area (Å²) in [6.07, 6.45) is 1.77. The summed E-state index contributed by atoms with van der Waals surface area (Å²) < 4.78 is 26.6. The van der Waals surface area contributed by atoms with Gasteiger partial charge in [-0.05, 0) is 36.5 Å². The van der Waals surface area contributed by atoms with Gasteiger partial charge in [-0.3, -0.25) is 0 Å². The third kappa shape index (κ3) is 2.91. The van der Waals surface area contributed by atoms with Crippen molar-refractivity contribution in [2.45, 2.75) is 49.6 Å². The van der Waals surface area contributed by atoms with Crippen molar-refractivity contribution >= 4 is 10.0 Å². The van der Waals surface area contributed by atoms with Crippen LogP contribution in [0.3, 0.4) is 0 Å². The van der Waals surface area contributed by atoms with Gasteiger partial charge in [-0.15, -0.1) is 0 Å². The molecule has 0 heterocycles. The van der Waals surface area contributed by atoms with Gasteiger partial charge in [0.25, 0.3) is 0 Å². The number of hydrogen-bond acceptors (Lipinski definition) is 3. The molecule has 1 aromatic carbocycles. The van der Waals surface area contributed by atoms with Crippen LogP contribution >= 0.6 is 0 Å². The lowest BCUT2D eigenvalue weighted by molar-refractivity contribution is 0.579. The fraction of sp³-hybridized carbons (Fsp3) is 0.538. The Morgan fingerprint density at radius 2 is 1.94 bits per heavy atom. The lowest BCUT2D eigenvalue weighted by Crippen LogP contribution is -2.29. The average molecular weight is 268 g/mol. The molecule has 0 saturated heterocycles. The number of nitrogens with one attached hydrogen (secondary N) is 1. The number of nitrogens with two attached hydrogens (primary N) is 1. The van der Waals surface area contributed by atoms with Crippen molar-refractivity contribution in [1.29, 1.82) is 0 Å². The Bertz CT molecular complexity index is 510. The molecule has 0 amide bonds. The maximum absolute atomic E-state index is 12.0. The second kappa shape index (κ2) is 4.99. The van der Waals surface area contributed by atoms with Crippen molar-refractivity contribution < 1.29 is 8.42 Å². The van der Waals surface area contributed by atoms with E-state index in [1.54, 1.807) is 12.1 Å². The molecule has 3 N–H and O–H groups in total. The lowest BCUT2D eigenvalue weighted by Gasteiger charge is -2.10. The zero-order chi connectivity index (χ0) is 13.3. The van der Waals surface area contributed by atoms with Crippen molar-refractivity contribution in [3.05, 3.63) is 29.8 Å². The molecule has 1 aliphatic rings. The number of rotatable bonds is 5.